The second kappa shape index (κ2) is 4.00. The molecule has 1 aliphatic heterocycles. The van der Waals surface area contributed by atoms with Crippen molar-refractivity contribution in [3.63, 3.8) is 0 Å². The number of aliphatic hydroxyl groups excluding tert-OH is 1. The van der Waals surface area contributed by atoms with Gasteiger partial charge in [-0.15, -0.1) is 0 Å². The van der Waals surface area contributed by atoms with Crippen molar-refractivity contribution in [2.45, 2.75) is 32.4 Å². The van der Waals surface area contributed by atoms with E-state index in [1.165, 1.54) is 0 Å². The molecule has 2 rings (SSSR count). The molecule has 1 aromatic heterocycles. The molecular weight excluding hydrogens is 178 g/mol. The van der Waals surface area contributed by atoms with Crippen LogP contribution in [-0.4, -0.2) is 33.9 Å². The Morgan fingerprint density at radius 2 is 2.50 bits per heavy atom. The van der Waals surface area contributed by atoms with Crippen LogP contribution in [0, 0.1) is 0 Å². The van der Waals surface area contributed by atoms with E-state index in [1.54, 1.807) is 0 Å². The van der Waals surface area contributed by atoms with Crippen LogP contribution < -0.4 is 4.90 Å². The minimum atomic E-state index is 0.233. The fourth-order valence-corrected chi connectivity index (χ4v) is 2.10. The summed E-state index contributed by atoms with van der Waals surface area (Å²) in [5.74, 6) is 1.00. The van der Waals surface area contributed by atoms with Gasteiger partial charge >= 0.3 is 0 Å². The first-order chi connectivity index (χ1) is 6.86. The van der Waals surface area contributed by atoms with E-state index in [9.17, 15) is 5.11 Å². The molecule has 78 valence electrons. The Hall–Kier alpha value is -1.03. The molecule has 2 heterocycles. The Kier molecular flexibility index (Phi) is 2.72. The zero-order valence-corrected chi connectivity index (χ0v) is 8.56. The molecule has 0 radical (unpaired) electrons. The number of nitrogens with zero attached hydrogens (tertiary/aromatic N) is 3. The van der Waals surface area contributed by atoms with Gasteiger partial charge in [-0.25, -0.2) is 4.98 Å². The van der Waals surface area contributed by atoms with Crippen LogP contribution in [0.3, 0.4) is 0 Å². The van der Waals surface area contributed by atoms with Crippen molar-refractivity contribution in [2.75, 3.05) is 18.1 Å². The Labute approximate surface area is 84.2 Å². The first kappa shape index (κ1) is 9.52. The molecule has 0 amide bonds. The fourth-order valence-electron chi connectivity index (χ4n) is 2.10. The van der Waals surface area contributed by atoms with Crippen LogP contribution in [0.5, 0.6) is 0 Å². The van der Waals surface area contributed by atoms with Gasteiger partial charge in [0.25, 0.3) is 0 Å². The monoisotopic (exact) mass is 195 g/mol. The Balaban J connectivity index is 2.21. The van der Waals surface area contributed by atoms with Gasteiger partial charge in [-0.2, -0.15) is 0 Å². The number of imidazole rings is 1. The highest BCUT2D eigenvalue weighted by molar-refractivity contribution is 5.34. The van der Waals surface area contributed by atoms with E-state index in [-0.39, 0.29) is 12.6 Å². The highest BCUT2D eigenvalue weighted by Crippen LogP contribution is 2.23. The standard InChI is InChI=1S/C10H17N3O/c1-2-12-7-5-11-10(12)13-6-3-4-9(13)8-14/h5,7,9,14H,2-4,6,8H2,1H3. The van der Waals surface area contributed by atoms with Gasteiger partial charge in [0.2, 0.25) is 5.95 Å². The summed E-state index contributed by atoms with van der Waals surface area (Å²) in [5, 5.41) is 9.22. The number of aliphatic hydroxyl groups is 1. The first-order valence-electron chi connectivity index (χ1n) is 5.25. The van der Waals surface area contributed by atoms with Gasteiger partial charge in [0.15, 0.2) is 0 Å². The summed E-state index contributed by atoms with van der Waals surface area (Å²) in [4.78, 5) is 6.56. The van der Waals surface area contributed by atoms with E-state index in [2.05, 4.69) is 21.4 Å². The number of aryl methyl sites for hydroxylation is 1. The van der Waals surface area contributed by atoms with Gasteiger partial charge in [0, 0.05) is 25.5 Å². The molecule has 4 nitrogen and oxygen atoms in total. The topological polar surface area (TPSA) is 41.3 Å². The third-order valence-electron chi connectivity index (χ3n) is 2.88. The van der Waals surface area contributed by atoms with Gasteiger partial charge in [-0.3, -0.25) is 0 Å². The predicted molar refractivity (Wildman–Crippen MR) is 55.4 cm³/mol. The molecule has 4 heteroatoms. The maximum Gasteiger partial charge on any atom is 0.205 e. The third kappa shape index (κ3) is 1.50. The Morgan fingerprint density at radius 3 is 3.21 bits per heavy atom. The highest BCUT2D eigenvalue weighted by atomic mass is 16.3. The first-order valence-corrected chi connectivity index (χ1v) is 5.25. The molecule has 1 unspecified atom stereocenters. The predicted octanol–water partition coefficient (Wildman–Crippen LogP) is 0.864. The smallest absolute Gasteiger partial charge is 0.205 e. The summed E-state index contributed by atoms with van der Waals surface area (Å²) in [7, 11) is 0. The summed E-state index contributed by atoms with van der Waals surface area (Å²) < 4.78 is 2.12. The van der Waals surface area contributed by atoms with Crippen molar-refractivity contribution in [1.29, 1.82) is 0 Å². The van der Waals surface area contributed by atoms with Crippen molar-refractivity contribution in [1.82, 2.24) is 9.55 Å². The summed E-state index contributed by atoms with van der Waals surface area (Å²) in [6.07, 6.45) is 6.04. The number of anilines is 1. The number of hydrogen-bond acceptors (Lipinski definition) is 3. The van der Waals surface area contributed by atoms with Crippen LogP contribution in [0.15, 0.2) is 12.4 Å². The minimum Gasteiger partial charge on any atom is -0.394 e. The Bertz CT molecular complexity index is 297. The maximum absolute atomic E-state index is 9.22. The van der Waals surface area contributed by atoms with Gasteiger partial charge in [-0.1, -0.05) is 0 Å². The van der Waals surface area contributed by atoms with Crippen molar-refractivity contribution in [3.8, 4) is 0 Å². The molecule has 0 saturated carbocycles. The normalized spacial score (nSPS) is 21.9. The quantitative estimate of drug-likeness (QED) is 0.778. The van der Waals surface area contributed by atoms with Crippen LogP contribution in [0.25, 0.3) is 0 Å². The lowest BCUT2D eigenvalue weighted by molar-refractivity contribution is 0.265. The van der Waals surface area contributed by atoms with Crippen LogP contribution >= 0.6 is 0 Å². The average Bonchev–Trinajstić information content (AvgIpc) is 2.85. The summed E-state index contributed by atoms with van der Waals surface area (Å²) in [6, 6.07) is 0.266. The van der Waals surface area contributed by atoms with Gasteiger partial charge in [0.05, 0.1) is 12.6 Å². The largest absolute Gasteiger partial charge is 0.394 e. The third-order valence-corrected chi connectivity index (χ3v) is 2.88. The SMILES string of the molecule is CCn1ccnc1N1CCCC1CO. The molecule has 1 fully saturated rings. The molecule has 0 bridgehead atoms. The molecule has 1 atom stereocenters. The van der Waals surface area contributed by atoms with Gasteiger partial charge < -0.3 is 14.6 Å². The Morgan fingerprint density at radius 1 is 1.64 bits per heavy atom. The van der Waals surface area contributed by atoms with E-state index in [0.29, 0.717) is 0 Å². The van der Waals surface area contributed by atoms with E-state index in [0.717, 1.165) is 31.9 Å². The van der Waals surface area contributed by atoms with Crippen molar-refractivity contribution in [2.24, 2.45) is 0 Å². The zero-order chi connectivity index (χ0) is 9.97. The van der Waals surface area contributed by atoms with E-state index >= 15 is 0 Å². The molecule has 14 heavy (non-hydrogen) atoms. The van der Waals surface area contributed by atoms with Crippen LogP contribution in [0.4, 0.5) is 5.95 Å². The minimum absolute atomic E-state index is 0.233. The summed E-state index contributed by atoms with van der Waals surface area (Å²) in [5.41, 5.74) is 0. The lowest BCUT2D eigenvalue weighted by Gasteiger charge is -2.24. The molecule has 0 aromatic carbocycles. The fraction of sp³-hybridized carbons (Fsp3) is 0.700. The lowest BCUT2D eigenvalue weighted by Crippen LogP contribution is -2.34. The number of aromatic nitrogens is 2. The molecule has 1 aromatic rings. The lowest BCUT2D eigenvalue weighted by atomic mass is 10.2. The van der Waals surface area contributed by atoms with Crippen molar-refractivity contribution in [3.05, 3.63) is 12.4 Å². The number of rotatable bonds is 3. The van der Waals surface area contributed by atoms with Gasteiger partial charge in [-0.05, 0) is 19.8 Å². The summed E-state index contributed by atoms with van der Waals surface area (Å²) in [6.45, 7) is 4.29. The molecule has 0 aliphatic carbocycles. The van der Waals surface area contributed by atoms with Gasteiger partial charge in [0.1, 0.15) is 0 Å². The van der Waals surface area contributed by atoms with Crippen LogP contribution in [0.1, 0.15) is 19.8 Å². The van der Waals surface area contributed by atoms with Crippen LogP contribution in [0.2, 0.25) is 0 Å². The molecule has 0 spiro atoms. The molecule has 1 saturated heterocycles. The highest BCUT2D eigenvalue weighted by Gasteiger charge is 2.26. The number of hydrogen-bond donors (Lipinski definition) is 1. The average molecular weight is 195 g/mol. The zero-order valence-electron chi connectivity index (χ0n) is 8.56. The molecule has 1 N–H and O–H groups in total. The van der Waals surface area contributed by atoms with E-state index in [4.69, 9.17) is 0 Å². The van der Waals surface area contributed by atoms with E-state index in [1.807, 2.05) is 12.4 Å². The molecular formula is C10H17N3O. The maximum atomic E-state index is 9.22. The van der Waals surface area contributed by atoms with E-state index < -0.39 is 0 Å². The van der Waals surface area contributed by atoms with Crippen molar-refractivity contribution < 1.29 is 5.11 Å². The second-order valence-electron chi connectivity index (χ2n) is 3.69. The van der Waals surface area contributed by atoms with Crippen molar-refractivity contribution >= 4 is 5.95 Å². The second-order valence-corrected chi connectivity index (χ2v) is 3.69. The summed E-state index contributed by atoms with van der Waals surface area (Å²) >= 11 is 0. The van der Waals surface area contributed by atoms with Crippen LogP contribution in [-0.2, 0) is 6.54 Å². The molecule has 1 aliphatic rings.